The van der Waals surface area contributed by atoms with E-state index in [2.05, 4.69) is 15.2 Å². The number of hydrogen-bond acceptors (Lipinski definition) is 8. The molecule has 1 saturated heterocycles. The Balaban J connectivity index is 1.23. The van der Waals surface area contributed by atoms with Gasteiger partial charge in [-0.1, -0.05) is 0 Å². The van der Waals surface area contributed by atoms with Crippen molar-refractivity contribution in [1.82, 2.24) is 9.88 Å². The fourth-order valence-corrected chi connectivity index (χ4v) is 4.47. The van der Waals surface area contributed by atoms with Crippen LogP contribution in [0.2, 0.25) is 0 Å². The van der Waals surface area contributed by atoms with Crippen molar-refractivity contribution in [2.75, 3.05) is 61.9 Å². The highest BCUT2D eigenvalue weighted by Gasteiger charge is 2.34. The number of benzene rings is 2. The molecule has 10 nitrogen and oxygen atoms in total. The summed E-state index contributed by atoms with van der Waals surface area (Å²) < 4.78 is 44.4. The van der Waals surface area contributed by atoms with Crippen molar-refractivity contribution in [3.05, 3.63) is 63.3 Å². The largest absolute Gasteiger partial charge is 0.416 e. The van der Waals surface area contributed by atoms with Crippen LogP contribution in [-0.4, -0.2) is 66.7 Å². The quantitative estimate of drug-likeness (QED) is 0.245. The molecule has 0 spiro atoms. The van der Waals surface area contributed by atoms with Crippen molar-refractivity contribution < 1.29 is 27.6 Å². The number of anilines is 3. The molecule has 3 N–H and O–H groups in total. The summed E-state index contributed by atoms with van der Waals surface area (Å²) in [7, 11) is 0. The first-order valence-electron chi connectivity index (χ1n) is 12.3. The highest BCUT2D eigenvalue weighted by Crippen LogP contribution is 2.36. The number of nitrogens with zero attached hydrogens (tertiary/aromatic N) is 4. The summed E-state index contributed by atoms with van der Waals surface area (Å²) in [5.41, 5.74) is 8.47. The molecule has 13 heteroatoms. The van der Waals surface area contributed by atoms with E-state index in [-0.39, 0.29) is 18.2 Å². The molecular weight excluding hydrogens is 517 g/mol. The van der Waals surface area contributed by atoms with Crippen molar-refractivity contribution >= 4 is 39.6 Å². The number of nitrogen functional groups attached to an aromatic ring is 1. The van der Waals surface area contributed by atoms with E-state index in [1.807, 2.05) is 13.8 Å². The maximum absolute atomic E-state index is 13.0. The Morgan fingerprint density at radius 3 is 2.54 bits per heavy atom. The van der Waals surface area contributed by atoms with Crippen molar-refractivity contribution in [2.24, 2.45) is 0 Å². The molecule has 208 valence electrons. The van der Waals surface area contributed by atoms with Gasteiger partial charge >= 0.3 is 6.18 Å². The predicted molar refractivity (Wildman–Crippen MR) is 142 cm³/mol. The Morgan fingerprint density at radius 2 is 1.87 bits per heavy atom. The van der Waals surface area contributed by atoms with Crippen LogP contribution in [0.25, 0.3) is 10.9 Å². The summed E-state index contributed by atoms with van der Waals surface area (Å²) in [5, 5.41) is 14.9. The van der Waals surface area contributed by atoms with Gasteiger partial charge in [-0.25, -0.2) is 0 Å². The van der Waals surface area contributed by atoms with Gasteiger partial charge in [0.1, 0.15) is 12.3 Å². The van der Waals surface area contributed by atoms with E-state index >= 15 is 0 Å². The standard InChI is InChI=1S/C26H29F3N6O4/c1-16-17(2)31-21-5-4-19(14-20(21)25(16)30)32-24(36)15-39-12-11-33-7-9-34(10-8-33)22-6-3-18(26(27,28)29)13-23(22)35(37)38/h3-6,13-14H,7-12,15H2,1-2H3,(H2,30,31)(H,32,36). The monoisotopic (exact) mass is 546 g/mol. The van der Waals surface area contributed by atoms with Gasteiger partial charge in [0, 0.05) is 61.2 Å². The van der Waals surface area contributed by atoms with E-state index < -0.39 is 22.4 Å². The molecule has 4 rings (SSSR count). The third-order valence-corrected chi connectivity index (χ3v) is 6.80. The van der Waals surface area contributed by atoms with E-state index in [0.717, 1.165) is 34.3 Å². The number of nitro groups is 1. The molecule has 1 aromatic heterocycles. The minimum Gasteiger partial charge on any atom is -0.398 e. The first-order chi connectivity index (χ1) is 18.4. The van der Waals surface area contributed by atoms with E-state index in [4.69, 9.17) is 10.5 Å². The average molecular weight is 547 g/mol. The number of halogens is 3. The molecule has 39 heavy (non-hydrogen) atoms. The number of aryl methyl sites for hydroxylation is 1. The van der Waals surface area contributed by atoms with Crippen LogP contribution in [0.5, 0.6) is 0 Å². The zero-order valence-corrected chi connectivity index (χ0v) is 21.5. The van der Waals surface area contributed by atoms with Crippen molar-refractivity contribution in [3.63, 3.8) is 0 Å². The Bertz CT molecular complexity index is 1390. The number of aromatic nitrogens is 1. The lowest BCUT2D eigenvalue weighted by atomic mass is 10.1. The number of amides is 1. The minimum atomic E-state index is -4.65. The predicted octanol–water partition coefficient (Wildman–Crippen LogP) is 4.14. The SMILES string of the molecule is Cc1nc2ccc(NC(=O)COCCN3CCN(c4ccc(C(F)(F)F)cc4[N+](=O)[O-])CC3)cc2c(N)c1C. The van der Waals surface area contributed by atoms with Crippen molar-refractivity contribution in [2.45, 2.75) is 20.0 Å². The third kappa shape index (κ3) is 6.55. The van der Waals surface area contributed by atoms with Crippen LogP contribution in [0, 0.1) is 24.0 Å². The summed E-state index contributed by atoms with van der Waals surface area (Å²) in [6, 6.07) is 7.92. The lowest BCUT2D eigenvalue weighted by molar-refractivity contribution is -0.384. The average Bonchev–Trinajstić information content (AvgIpc) is 2.90. The van der Waals surface area contributed by atoms with Crippen LogP contribution in [0.4, 0.5) is 35.9 Å². The Morgan fingerprint density at radius 1 is 1.15 bits per heavy atom. The molecule has 2 heterocycles. The Hall–Kier alpha value is -3.97. The Labute approximate surface area is 222 Å². The molecule has 1 amide bonds. The van der Waals surface area contributed by atoms with Gasteiger partial charge in [-0.2, -0.15) is 13.2 Å². The maximum atomic E-state index is 13.0. The molecule has 0 radical (unpaired) electrons. The molecule has 0 bridgehead atoms. The third-order valence-electron chi connectivity index (χ3n) is 6.80. The number of nitro benzene ring substituents is 1. The number of ether oxygens (including phenoxy) is 1. The lowest BCUT2D eigenvalue weighted by Crippen LogP contribution is -2.47. The number of nitrogens with one attached hydrogen (secondary N) is 1. The van der Waals surface area contributed by atoms with Gasteiger partial charge in [0.25, 0.3) is 5.69 Å². The van der Waals surface area contributed by atoms with E-state index in [1.165, 1.54) is 0 Å². The maximum Gasteiger partial charge on any atom is 0.416 e. The van der Waals surface area contributed by atoms with Crippen molar-refractivity contribution in [1.29, 1.82) is 0 Å². The van der Waals surface area contributed by atoms with Gasteiger partial charge in [0.2, 0.25) is 5.91 Å². The summed E-state index contributed by atoms with van der Waals surface area (Å²) in [6.45, 7) is 6.37. The molecule has 0 saturated carbocycles. The normalized spacial score (nSPS) is 14.5. The molecule has 0 unspecified atom stereocenters. The molecule has 0 aliphatic carbocycles. The fraction of sp³-hybridized carbons (Fsp3) is 0.385. The molecule has 3 aromatic rings. The van der Waals surface area contributed by atoms with E-state index in [0.29, 0.717) is 56.8 Å². The number of carbonyl (C=O) groups excluding carboxylic acids is 1. The van der Waals surface area contributed by atoms with E-state index in [9.17, 15) is 28.1 Å². The number of hydrogen-bond donors (Lipinski definition) is 2. The molecule has 0 atom stereocenters. The van der Waals surface area contributed by atoms with Crippen LogP contribution in [0.3, 0.4) is 0 Å². The lowest BCUT2D eigenvalue weighted by Gasteiger charge is -2.35. The Kier molecular flexibility index (Phi) is 8.21. The number of piperazine rings is 1. The fourth-order valence-electron chi connectivity index (χ4n) is 4.47. The smallest absolute Gasteiger partial charge is 0.398 e. The molecule has 1 aliphatic heterocycles. The van der Waals surface area contributed by atoms with Gasteiger partial charge < -0.3 is 20.7 Å². The van der Waals surface area contributed by atoms with Crippen molar-refractivity contribution in [3.8, 4) is 0 Å². The topological polar surface area (TPSA) is 127 Å². The number of rotatable bonds is 8. The van der Waals surface area contributed by atoms with Gasteiger partial charge in [0.05, 0.1) is 22.6 Å². The highest BCUT2D eigenvalue weighted by molar-refractivity contribution is 5.98. The summed E-state index contributed by atoms with van der Waals surface area (Å²) in [5.74, 6) is -0.316. The number of alkyl halides is 3. The second kappa shape index (κ2) is 11.4. The summed E-state index contributed by atoms with van der Waals surface area (Å²) in [6.07, 6.45) is -4.65. The zero-order valence-electron chi connectivity index (χ0n) is 21.5. The second-order valence-corrected chi connectivity index (χ2v) is 9.36. The van der Waals surface area contributed by atoms with Crippen LogP contribution in [0.1, 0.15) is 16.8 Å². The number of carbonyl (C=O) groups is 1. The molecule has 2 aromatic carbocycles. The highest BCUT2D eigenvalue weighted by atomic mass is 19.4. The molecule has 1 aliphatic rings. The number of nitrogens with two attached hydrogens (primary N) is 1. The van der Waals surface area contributed by atoms with Gasteiger partial charge in [-0.05, 0) is 49.7 Å². The summed E-state index contributed by atoms with van der Waals surface area (Å²) in [4.78, 5) is 31.2. The first kappa shape index (κ1) is 28.0. The second-order valence-electron chi connectivity index (χ2n) is 9.36. The molecule has 1 fully saturated rings. The van der Waals surface area contributed by atoms with E-state index in [1.54, 1.807) is 23.1 Å². The van der Waals surface area contributed by atoms with Gasteiger partial charge in [0.15, 0.2) is 0 Å². The van der Waals surface area contributed by atoms with Crippen LogP contribution in [-0.2, 0) is 15.7 Å². The van der Waals surface area contributed by atoms with Crippen LogP contribution >= 0.6 is 0 Å². The number of pyridine rings is 1. The summed E-state index contributed by atoms with van der Waals surface area (Å²) >= 11 is 0. The number of fused-ring (bicyclic) bond motifs is 1. The zero-order chi connectivity index (χ0) is 28.3. The van der Waals surface area contributed by atoms with Gasteiger partial charge in [-0.3, -0.25) is 24.8 Å². The molecular formula is C26H29F3N6O4. The van der Waals surface area contributed by atoms with Crippen LogP contribution in [0.15, 0.2) is 36.4 Å². The van der Waals surface area contributed by atoms with Gasteiger partial charge in [-0.15, -0.1) is 0 Å². The van der Waals surface area contributed by atoms with Crippen LogP contribution < -0.4 is 16.0 Å². The first-order valence-corrected chi connectivity index (χ1v) is 12.3. The minimum absolute atomic E-state index is 0.142.